The first-order valence-electron chi connectivity index (χ1n) is 7.31. The lowest BCUT2D eigenvalue weighted by molar-refractivity contribution is -0.126. The SMILES string of the molecule is NC[C@H]1CCC[C@H]1C(=O)NC1CCCCCC1. The molecule has 2 fully saturated rings. The number of hydrogen-bond donors (Lipinski definition) is 2. The molecule has 0 heterocycles. The van der Waals surface area contributed by atoms with E-state index in [1.807, 2.05) is 0 Å². The average Bonchev–Trinajstić information content (AvgIpc) is 2.68. The highest BCUT2D eigenvalue weighted by Crippen LogP contribution is 2.31. The van der Waals surface area contributed by atoms with Crippen LogP contribution in [0.25, 0.3) is 0 Å². The van der Waals surface area contributed by atoms with Gasteiger partial charge in [0.05, 0.1) is 0 Å². The van der Waals surface area contributed by atoms with Crippen molar-refractivity contribution in [2.45, 2.75) is 63.8 Å². The van der Waals surface area contributed by atoms with Gasteiger partial charge in [0.15, 0.2) is 0 Å². The number of nitrogens with two attached hydrogens (primary N) is 1. The van der Waals surface area contributed by atoms with Crippen LogP contribution in [0.2, 0.25) is 0 Å². The summed E-state index contributed by atoms with van der Waals surface area (Å²) in [5.41, 5.74) is 5.74. The summed E-state index contributed by atoms with van der Waals surface area (Å²) in [5, 5.41) is 3.27. The molecule has 1 amide bonds. The van der Waals surface area contributed by atoms with Crippen LogP contribution >= 0.6 is 0 Å². The molecular formula is C14H26N2O. The third-order valence-corrected chi connectivity index (χ3v) is 4.50. The molecule has 0 aliphatic heterocycles. The number of nitrogens with one attached hydrogen (secondary N) is 1. The number of hydrogen-bond acceptors (Lipinski definition) is 2. The maximum absolute atomic E-state index is 12.2. The molecule has 17 heavy (non-hydrogen) atoms. The zero-order valence-corrected chi connectivity index (χ0v) is 10.8. The van der Waals surface area contributed by atoms with Crippen molar-refractivity contribution < 1.29 is 4.79 Å². The topological polar surface area (TPSA) is 55.1 Å². The first-order valence-corrected chi connectivity index (χ1v) is 7.31. The Hall–Kier alpha value is -0.570. The highest BCUT2D eigenvalue weighted by atomic mass is 16.2. The first-order chi connectivity index (χ1) is 8.31. The summed E-state index contributed by atoms with van der Waals surface area (Å²) < 4.78 is 0. The van der Waals surface area contributed by atoms with Crippen molar-refractivity contribution in [3.05, 3.63) is 0 Å². The van der Waals surface area contributed by atoms with E-state index in [0.717, 1.165) is 12.8 Å². The van der Waals surface area contributed by atoms with Crippen molar-refractivity contribution in [3.63, 3.8) is 0 Å². The van der Waals surface area contributed by atoms with Crippen molar-refractivity contribution in [2.75, 3.05) is 6.54 Å². The Morgan fingerprint density at radius 1 is 1.00 bits per heavy atom. The molecule has 2 aliphatic rings. The number of amides is 1. The predicted octanol–water partition coefficient (Wildman–Crippen LogP) is 2.20. The van der Waals surface area contributed by atoms with Gasteiger partial charge in [0.2, 0.25) is 5.91 Å². The van der Waals surface area contributed by atoms with Crippen LogP contribution in [0.4, 0.5) is 0 Å². The molecule has 2 atom stereocenters. The molecule has 3 N–H and O–H groups in total. The Kier molecular flexibility index (Phi) is 4.84. The van der Waals surface area contributed by atoms with Crippen LogP contribution < -0.4 is 11.1 Å². The van der Waals surface area contributed by atoms with Crippen molar-refractivity contribution in [2.24, 2.45) is 17.6 Å². The molecule has 0 saturated heterocycles. The molecule has 3 nitrogen and oxygen atoms in total. The highest BCUT2D eigenvalue weighted by molar-refractivity contribution is 5.79. The fourth-order valence-electron chi connectivity index (χ4n) is 3.40. The smallest absolute Gasteiger partial charge is 0.223 e. The zero-order valence-electron chi connectivity index (χ0n) is 10.8. The van der Waals surface area contributed by atoms with Crippen molar-refractivity contribution >= 4 is 5.91 Å². The molecule has 0 aromatic carbocycles. The Bertz CT molecular complexity index is 247. The van der Waals surface area contributed by atoms with Gasteiger partial charge in [-0.1, -0.05) is 32.1 Å². The van der Waals surface area contributed by atoms with E-state index in [1.54, 1.807) is 0 Å². The van der Waals surface area contributed by atoms with Crippen LogP contribution in [0.15, 0.2) is 0 Å². The summed E-state index contributed by atoms with van der Waals surface area (Å²) in [6.45, 7) is 0.669. The van der Waals surface area contributed by atoms with Gasteiger partial charge in [0.25, 0.3) is 0 Å². The summed E-state index contributed by atoms with van der Waals surface area (Å²) >= 11 is 0. The summed E-state index contributed by atoms with van der Waals surface area (Å²) in [5.74, 6) is 0.911. The van der Waals surface area contributed by atoms with Crippen LogP contribution in [0.5, 0.6) is 0 Å². The van der Waals surface area contributed by atoms with Crippen LogP contribution in [0.1, 0.15) is 57.8 Å². The molecule has 2 aliphatic carbocycles. The van der Waals surface area contributed by atoms with Crippen molar-refractivity contribution in [1.82, 2.24) is 5.32 Å². The maximum atomic E-state index is 12.2. The van der Waals surface area contributed by atoms with E-state index < -0.39 is 0 Å². The Morgan fingerprint density at radius 2 is 1.71 bits per heavy atom. The second-order valence-electron chi connectivity index (χ2n) is 5.73. The van der Waals surface area contributed by atoms with Crippen LogP contribution in [0, 0.1) is 11.8 Å². The third-order valence-electron chi connectivity index (χ3n) is 4.50. The zero-order chi connectivity index (χ0) is 12.1. The Morgan fingerprint density at radius 3 is 2.35 bits per heavy atom. The molecule has 0 aromatic rings. The van der Waals surface area contributed by atoms with Gasteiger partial charge in [-0.15, -0.1) is 0 Å². The van der Waals surface area contributed by atoms with Gasteiger partial charge in [-0.2, -0.15) is 0 Å². The molecule has 0 bridgehead atoms. The number of carbonyl (C=O) groups excluding carboxylic acids is 1. The Balaban J connectivity index is 1.82. The lowest BCUT2D eigenvalue weighted by Gasteiger charge is -2.22. The van der Waals surface area contributed by atoms with Crippen LogP contribution in [-0.2, 0) is 4.79 Å². The monoisotopic (exact) mass is 238 g/mol. The van der Waals surface area contributed by atoms with Gasteiger partial charge in [0, 0.05) is 12.0 Å². The van der Waals surface area contributed by atoms with Gasteiger partial charge in [-0.25, -0.2) is 0 Å². The van der Waals surface area contributed by atoms with E-state index in [1.165, 1.54) is 44.9 Å². The molecule has 0 spiro atoms. The summed E-state index contributed by atoms with van der Waals surface area (Å²) in [6.07, 6.45) is 10.9. The predicted molar refractivity (Wildman–Crippen MR) is 69.5 cm³/mol. The van der Waals surface area contributed by atoms with Crippen LogP contribution in [0.3, 0.4) is 0 Å². The van der Waals surface area contributed by atoms with E-state index in [-0.39, 0.29) is 11.8 Å². The van der Waals surface area contributed by atoms with Gasteiger partial charge in [-0.3, -0.25) is 4.79 Å². The molecule has 0 radical (unpaired) electrons. The molecule has 0 unspecified atom stereocenters. The maximum Gasteiger partial charge on any atom is 0.223 e. The van der Waals surface area contributed by atoms with Gasteiger partial charge < -0.3 is 11.1 Å². The van der Waals surface area contributed by atoms with Gasteiger partial charge >= 0.3 is 0 Å². The normalized spacial score (nSPS) is 31.1. The summed E-state index contributed by atoms with van der Waals surface area (Å²) in [4.78, 5) is 12.2. The summed E-state index contributed by atoms with van der Waals surface area (Å²) in [7, 11) is 0. The minimum absolute atomic E-state index is 0.197. The largest absolute Gasteiger partial charge is 0.353 e. The fourth-order valence-corrected chi connectivity index (χ4v) is 3.40. The fraction of sp³-hybridized carbons (Fsp3) is 0.929. The minimum Gasteiger partial charge on any atom is -0.353 e. The molecule has 98 valence electrons. The molecular weight excluding hydrogens is 212 g/mol. The number of carbonyl (C=O) groups is 1. The molecule has 3 heteroatoms. The Labute approximate surface area is 105 Å². The average molecular weight is 238 g/mol. The van der Waals surface area contributed by atoms with Crippen LogP contribution in [-0.4, -0.2) is 18.5 Å². The van der Waals surface area contributed by atoms with E-state index in [0.29, 0.717) is 18.5 Å². The molecule has 2 saturated carbocycles. The van der Waals surface area contributed by atoms with Crippen molar-refractivity contribution in [1.29, 1.82) is 0 Å². The second-order valence-corrected chi connectivity index (χ2v) is 5.73. The van der Waals surface area contributed by atoms with Crippen molar-refractivity contribution in [3.8, 4) is 0 Å². The lowest BCUT2D eigenvalue weighted by atomic mass is 9.94. The minimum atomic E-state index is 0.197. The van der Waals surface area contributed by atoms with E-state index in [2.05, 4.69) is 5.32 Å². The van der Waals surface area contributed by atoms with E-state index >= 15 is 0 Å². The summed E-state index contributed by atoms with van der Waals surface area (Å²) in [6, 6.07) is 0.434. The highest BCUT2D eigenvalue weighted by Gasteiger charge is 2.32. The third kappa shape index (κ3) is 3.44. The van der Waals surface area contributed by atoms with Gasteiger partial charge in [-0.05, 0) is 38.1 Å². The van der Waals surface area contributed by atoms with E-state index in [4.69, 9.17) is 5.73 Å². The molecule has 2 rings (SSSR count). The standard InChI is InChI=1S/C14H26N2O/c15-10-11-6-5-9-13(11)14(17)16-12-7-3-1-2-4-8-12/h11-13H,1-10,15H2,(H,16,17)/t11-,13-/m1/s1. The lowest BCUT2D eigenvalue weighted by Crippen LogP contribution is -2.40. The van der Waals surface area contributed by atoms with Gasteiger partial charge in [0.1, 0.15) is 0 Å². The number of rotatable bonds is 3. The quantitative estimate of drug-likeness (QED) is 0.741. The second kappa shape index (κ2) is 6.39. The first kappa shape index (κ1) is 12.9. The molecule has 0 aromatic heterocycles. The van der Waals surface area contributed by atoms with E-state index in [9.17, 15) is 4.79 Å².